The minimum absolute atomic E-state index is 0.0636. The second-order valence-corrected chi connectivity index (χ2v) is 8.83. The molecule has 2 atom stereocenters. The quantitative estimate of drug-likeness (QED) is 0.600. The van der Waals surface area contributed by atoms with Crippen molar-refractivity contribution in [3.05, 3.63) is 102 Å². The predicted octanol–water partition coefficient (Wildman–Crippen LogP) is 3.79. The highest BCUT2D eigenvalue weighted by Crippen LogP contribution is 2.27. The highest BCUT2D eigenvalue weighted by Gasteiger charge is 2.24. The maximum absolute atomic E-state index is 12.8. The monoisotopic (exact) mass is 414 g/mol. The molecule has 5 nitrogen and oxygen atoms in total. The van der Waals surface area contributed by atoms with E-state index in [0.29, 0.717) is 5.56 Å². The number of amides is 1. The molecule has 0 aliphatic rings. The average Bonchev–Trinajstić information content (AvgIpc) is 2.72. The summed E-state index contributed by atoms with van der Waals surface area (Å²) in [7, 11) is 1.48. The minimum atomic E-state index is -3.84. The van der Waals surface area contributed by atoms with Crippen LogP contribution in [0.1, 0.15) is 33.6 Å². The number of carbonyl (C=O) groups excluding carboxylic acids is 1. The Hall–Kier alpha value is -2.67. The van der Waals surface area contributed by atoms with Crippen molar-refractivity contribution in [2.45, 2.75) is 17.0 Å². The lowest BCUT2D eigenvalue weighted by Crippen LogP contribution is -2.36. The Morgan fingerprint density at radius 1 is 0.821 bits per heavy atom. The van der Waals surface area contributed by atoms with Crippen LogP contribution in [0.2, 0.25) is 0 Å². The van der Waals surface area contributed by atoms with Crippen molar-refractivity contribution in [1.29, 1.82) is 0 Å². The fourth-order valence-electron chi connectivity index (χ4n) is 2.90. The number of nitrogens with one attached hydrogen (secondary N) is 1. The van der Waals surface area contributed by atoms with Crippen LogP contribution in [0.15, 0.2) is 89.8 Å². The molecular weight excluding hydrogens is 396 g/mol. The van der Waals surface area contributed by atoms with Crippen LogP contribution in [0.5, 0.6) is 0 Å². The van der Waals surface area contributed by atoms with Gasteiger partial charge in [0.25, 0.3) is 15.0 Å². The Labute approximate surface area is 168 Å². The smallest absolute Gasteiger partial charge is 0.261 e. The lowest BCUT2D eigenvalue weighted by Gasteiger charge is -2.26. The highest BCUT2D eigenvalue weighted by atomic mass is 35.7. The van der Waals surface area contributed by atoms with E-state index in [-0.39, 0.29) is 10.8 Å². The molecule has 3 aromatic rings. The third-order valence-electron chi connectivity index (χ3n) is 4.39. The minimum Gasteiger partial charge on any atom is -0.343 e. The number of hydrogen-bond acceptors (Lipinski definition) is 4. The summed E-state index contributed by atoms with van der Waals surface area (Å²) in [4.78, 5) is 12.7. The van der Waals surface area contributed by atoms with Crippen molar-refractivity contribution in [2.24, 2.45) is 5.73 Å². The van der Waals surface area contributed by atoms with E-state index in [0.717, 1.165) is 11.1 Å². The molecule has 3 N–H and O–H groups in total. The normalized spacial score (nSPS) is 13.5. The molecule has 0 saturated carbocycles. The number of rotatable bonds is 6. The molecule has 1 amide bonds. The van der Waals surface area contributed by atoms with Crippen LogP contribution in [0.25, 0.3) is 0 Å². The summed E-state index contributed by atoms with van der Waals surface area (Å²) in [5.74, 6) is -0.362. The number of nitrogens with two attached hydrogens (primary N) is 1. The first-order valence-electron chi connectivity index (χ1n) is 8.57. The Kier molecular flexibility index (Phi) is 6.14. The van der Waals surface area contributed by atoms with Crippen molar-refractivity contribution >= 4 is 25.6 Å². The molecule has 0 fully saturated rings. The fourth-order valence-corrected chi connectivity index (χ4v) is 3.67. The molecular formula is C21H19ClN2O3S. The van der Waals surface area contributed by atoms with E-state index in [1.54, 1.807) is 0 Å². The van der Waals surface area contributed by atoms with Gasteiger partial charge in [-0.25, -0.2) is 8.42 Å². The standard InChI is InChI=1S/C21H19ClN2O3S/c22-28(26,27)18-13-11-17(12-14-18)21(25)24-20(16-9-5-2-6-10-16)19(23)15-7-3-1-4-8-15/h1-14,19-20H,23H2,(H,24,25)/t19-,20-/m0/s1. The summed E-state index contributed by atoms with van der Waals surface area (Å²) in [6, 6.07) is 23.5. The SMILES string of the molecule is N[C@@H](c1ccccc1)[C@@H](NC(=O)c1ccc(S(=O)(=O)Cl)cc1)c1ccccc1. The van der Waals surface area contributed by atoms with E-state index in [1.165, 1.54) is 24.3 Å². The zero-order valence-electron chi connectivity index (χ0n) is 14.8. The molecule has 0 aromatic heterocycles. The molecule has 0 saturated heterocycles. The van der Waals surface area contributed by atoms with Crippen molar-refractivity contribution in [3.8, 4) is 0 Å². The maximum Gasteiger partial charge on any atom is 0.261 e. The largest absolute Gasteiger partial charge is 0.343 e. The molecule has 144 valence electrons. The van der Waals surface area contributed by atoms with Gasteiger partial charge in [0.15, 0.2) is 0 Å². The molecule has 0 aliphatic carbocycles. The van der Waals surface area contributed by atoms with Crippen molar-refractivity contribution in [3.63, 3.8) is 0 Å². The van der Waals surface area contributed by atoms with Gasteiger partial charge in [-0.1, -0.05) is 60.7 Å². The van der Waals surface area contributed by atoms with E-state index >= 15 is 0 Å². The number of hydrogen-bond donors (Lipinski definition) is 2. The molecule has 3 rings (SSSR count). The zero-order valence-corrected chi connectivity index (χ0v) is 16.4. The second kappa shape index (κ2) is 8.56. The van der Waals surface area contributed by atoms with Gasteiger partial charge in [-0.15, -0.1) is 0 Å². The summed E-state index contributed by atoms with van der Waals surface area (Å²) in [6.07, 6.45) is 0. The molecule has 0 heterocycles. The highest BCUT2D eigenvalue weighted by molar-refractivity contribution is 8.13. The molecule has 0 radical (unpaired) electrons. The Bertz CT molecular complexity index is 1040. The van der Waals surface area contributed by atoms with Gasteiger partial charge >= 0.3 is 0 Å². The van der Waals surface area contributed by atoms with E-state index in [4.69, 9.17) is 16.4 Å². The topological polar surface area (TPSA) is 89.3 Å². The van der Waals surface area contributed by atoms with Gasteiger partial charge in [-0.3, -0.25) is 4.79 Å². The van der Waals surface area contributed by atoms with Crippen LogP contribution in [0.3, 0.4) is 0 Å². The van der Waals surface area contributed by atoms with Gasteiger partial charge < -0.3 is 11.1 Å². The van der Waals surface area contributed by atoms with Gasteiger partial charge in [0, 0.05) is 16.2 Å². The van der Waals surface area contributed by atoms with Crippen LogP contribution in [-0.4, -0.2) is 14.3 Å². The molecule has 3 aromatic carbocycles. The third-order valence-corrected chi connectivity index (χ3v) is 5.76. The Morgan fingerprint density at radius 2 is 1.32 bits per heavy atom. The summed E-state index contributed by atoms with van der Waals surface area (Å²) < 4.78 is 22.7. The third kappa shape index (κ3) is 4.78. The van der Waals surface area contributed by atoms with Crippen molar-refractivity contribution < 1.29 is 13.2 Å². The van der Waals surface area contributed by atoms with E-state index in [1.807, 2.05) is 60.7 Å². The molecule has 28 heavy (non-hydrogen) atoms. The Morgan fingerprint density at radius 3 is 1.82 bits per heavy atom. The molecule has 0 aliphatic heterocycles. The van der Waals surface area contributed by atoms with Crippen molar-refractivity contribution in [1.82, 2.24) is 5.32 Å². The lowest BCUT2D eigenvalue weighted by atomic mass is 9.93. The van der Waals surface area contributed by atoms with E-state index in [9.17, 15) is 13.2 Å². The van der Waals surface area contributed by atoms with E-state index in [2.05, 4.69) is 5.32 Å². The van der Waals surface area contributed by atoms with Crippen LogP contribution in [0.4, 0.5) is 0 Å². The number of carbonyl (C=O) groups is 1. The first-order valence-corrected chi connectivity index (χ1v) is 10.9. The van der Waals surface area contributed by atoms with E-state index < -0.39 is 21.1 Å². The summed E-state index contributed by atoms with van der Waals surface area (Å²) >= 11 is 0. The van der Waals surface area contributed by atoms with Crippen LogP contribution in [0, 0.1) is 0 Å². The molecule has 0 unspecified atom stereocenters. The first-order chi connectivity index (χ1) is 13.4. The summed E-state index contributed by atoms with van der Waals surface area (Å²) in [5.41, 5.74) is 8.53. The second-order valence-electron chi connectivity index (χ2n) is 6.26. The average molecular weight is 415 g/mol. The zero-order chi connectivity index (χ0) is 20.1. The Balaban J connectivity index is 1.88. The summed E-state index contributed by atoms with van der Waals surface area (Å²) in [6.45, 7) is 0. The first kappa shape index (κ1) is 20.1. The van der Waals surface area contributed by atoms with Crippen molar-refractivity contribution in [2.75, 3.05) is 0 Å². The molecule has 0 spiro atoms. The molecule has 0 bridgehead atoms. The van der Waals surface area contributed by atoms with Gasteiger partial charge in [-0.05, 0) is 35.4 Å². The number of benzene rings is 3. The maximum atomic E-state index is 12.8. The van der Waals surface area contributed by atoms with Crippen LogP contribution in [-0.2, 0) is 9.05 Å². The summed E-state index contributed by atoms with van der Waals surface area (Å²) in [5, 5.41) is 2.96. The predicted molar refractivity (Wildman–Crippen MR) is 110 cm³/mol. The van der Waals surface area contributed by atoms with Gasteiger partial charge in [0.1, 0.15) is 0 Å². The molecule has 7 heteroatoms. The van der Waals surface area contributed by atoms with Crippen LogP contribution < -0.4 is 11.1 Å². The fraction of sp³-hybridized carbons (Fsp3) is 0.0952. The van der Waals surface area contributed by atoms with Gasteiger partial charge in [-0.2, -0.15) is 0 Å². The van der Waals surface area contributed by atoms with Crippen LogP contribution >= 0.6 is 10.7 Å². The van der Waals surface area contributed by atoms with Gasteiger partial charge in [0.05, 0.1) is 17.0 Å². The lowest BCUT2D eigenvalue weighted by molar-refractivity contribution is 0.0930. The van der Waals surface area contributed by atoms with Gasteiger partial charge in [0.2, 0.25) is 0 Å². The number of halogens is 1.